The smallest absolute Gasteiger partial charge is 0.306 e. The highest BCUT2D eigenvalue weighted by Crippen LogP contribution is 2.17. The van der Waals surface area contributed by atoms with E-state index in [0.29, 0.717) is 19.3 Å². The van der Waals surface area contributed by atoms with E-state index in [9.17, 15) is 14.4 Å². The molecule has 0 rings (SSSR count). The van der Waals surface area contributed by atoms with Crippen LogP contribution in [-0.4, -0.2) is 37.2 Å². The van der Waals surface area contributed by atoms with E-state index in [1.165, 1.54) is 167 Å². The van der Waals surface area contributed by atoms with Crippen molar-refractivity contribution in [2.24, 2.45) is 0 Å². The molecule has 0 aliphatic carbocycles. The SMILES string of the molecule is CC/C=C\C/C=C\C/C=C\C/C=C\CCCCCCCCC(=O)OC(COC(=O)CCCCCCC/C=C\C/C=C\CCCCC)COC(=O)CCCCCCCCCCCCCCCCCC/C=C\C/C=C\C/C=C\CCCCCCC. The Bertz CT molecular complexity index is 1660. The zero-order valence-electron chi connectivity index (χ0n) is 54.7. The van der Waals surface area contributed by atoms with Gasteiger partial charge in [0.25, 0.3) is 0 Å². The maximum absolute atomic E-state index is 12.9. The topological polar surface area (TPSA) is 78.9 Å². The molecule has 0 spiro atoms. The Hall–Kier alpha value is -3.93. The molecular weight excluding hydrogens is 1020 g/mol. The summed E-state index contributed by atoms with van der Waals surface area (Å²) in [6.45, 7) is 6.50. The van der Waals surface area contributed by atoms with Crippen LogP contribution in [0.15, 0.2) is 109 Å². The molecule has 83 heavy (non-hydrogen) atoms. The van der Waals surface area contributed by atoms with Crippen LogP contribution in [0, 0.1) is 0 Å². The molecule has 0 radical (unpaired) electrons. The average molecular weight is 1150 g/mol. The van der Waals surface area contributed by atoms with Gasteiger partial charge in [0.05, 0.1) is 0 Å². The molecule has 0 aromatic rings. The fourth-order valence-corrected chi connectivity index (χ4v) is 9.94. The van der Waals surface area contributed by atoms with Crippen LogP contribution >= 0.6 is 0 Å². The molecule has 0 N–H and O–H groups in total. The second kappa shape index (κ2) is 70.6. The minimum absolute atomic E-state index is 0.0877. The normalized spacial score (nSPS) is 12.8. The number of esters is 3. The second-order valence-corrected chi connectivity index (χ2v) is 23.4. The van der Waals surface area contributed by atoms with E-state index in [2.05, 4.69) is 130 Å². The number of unbranched alkanes of at least 4 members (excludes halogenated alkanes) is 35. The fraction of sp³-hybridized carbons (Fsp3) is 0.727. The summed E-state index contributed by atoms with van der Waals surface area (Å²) in [5, 5.41) is 0. The lowest BCUT2D eigenvalue weighted by molar-refractivity contribution is -0.167. The first kappa shape index (κ1) is 79.1. The van der Waals surface area contributed by atoms with Crippen molar-refractivity contribution in [1.29, 1.82) is 0 Å². The van der Waals surface area contributed by atoms with Crippen molar-refractivity contribution in [1.82, 2.24) is 0 Å². The van der Waals surface area contributed by atoms with E-state index in [-0.39, 0.29) is 31.1 Å². The van der Waals surface area contributed by atoms with E-state index in [0.717, 1.165) is 135 Å². The van der Waals surface area contributed by atoms with Gasteiger partial charge in [0.15, 0.2) is 6.10 Å². The third kappa shape index (κ3) is 68.7. The Balaban J connectivity index is 4.28. The summed E-state index contributed by atoms with van der Waals surface area (Å²) in [5.41, 5.74) is 0. The Labute approximate surface area is 514 Å². The third-order valence-electron chi connectivity index (χ3n) is 15.2. The highest BCUT2D eigenvalue weighted by molar-refractivity contribution is 5.71. The molecule has 1 atom stereocenters. The van der Waals surface area contributed by atoms with Crippen LogP contribution in [0.3, 0.4) is 0 Å². The van der Waals surface area contributed by atoms with E-state index >= 15 is 0 Å². The highest BCUT2D eigenvalue weighted by atomic mass is 16.6. The van der Waals surface area contributed by atoms with Crippen molar-refractivity contribution >= 4 is 17.9 Å². The van der Waals surface area contributed by atoms with Gasteiger partial charge in [-0.3, -0.25) is 14.4 Å². The first-order valence-corrected chi connectivity index (χ1v) is 35.4. The first-order valence-electron chi connectivity index (χ1n) is 35.4. The van der Waals surface area contributed by atoms with Crippen molar-refractivity contribution in [3.05, 3.63) is 109 Å². The van der Waals surface area contributed by atoms with Crippen LogP contribution in [0.5, 0.6) is 0 Å². The van der Waals surface area contributed by atoms with Crippen LogP contribution in [0.2, 0.25) is 0 Å². The minimum Gasteiger partial charge on any atom is -0.462 e. The number of allylic oxidation sites excluding steroid dienone is 18. The Morgan fingerprint density at radius 2 is 0.470 bits per heavy atom. The van der Waals surface area contributed by atoms with Gasteiger partial charge in [-0.25, -0.2) is 0 Å². The van der Waals surface area contributed by atoms with E-state index < -0.39 is 6.10 Å². The number of hydrogen-bond acceptors (Lipinski definition) is 6. The molecule has 0 aliphatic heterocycles. The van der Waals surface area contributed by atoms with Gasteiger partial charge >= 0.3 is 17.9 Å². The predicted molar refractivity (Wildman–Crippen MR) is 362 cm³/mol. The summed E-state index contributed by atoms with van der Waals surface area (Å²) in [6, 6.07) is 0. The van der Waals surface area contributed by atoms with Crippen LogP contribution in [0.1, 0.15) is 342 Å². The molecule has 476 valence electrons. The Kier molecular flexibility index (Phi) is 67.2. The highest BCUT2D eigenvalue weighted by Gasteiger charge is 2.19. The molecule has 0 aromatic heterocycles. The van der Waals surface area contributed by atoms with Gasteiger partial charge in [0.2, 0.25) is 0 Å². The predicted octanol–water partition coefficient (Wildman–Crippen LogP) is 24.6. The van der Waals surface area contributed by atoms with Gasteiger partial charge in [0.1, 0.15) is 13.2 Å². The van der Waals surface area contributed by atoms with E-state index in [1.807, 2.05) is 0 Å². The molecular formula is C77H132O6. The molecule has 1 unspecified atom stereocenters. The molecule has 0 saturated carbocycles. The summed E-state index contributed by atoms with van der Waals surface area (Å²) < 4.78 is 17.0. The summed E-state index contributed by atoms with van der Waals surface area (Å²) in [6.07, 6.45) is 96.9. The van der Waals surface area contributed by atoms with Crippen molar-refractivity contribution in [2.75, 3.05) is 13.2 Å². The Morgan fingerprint density at radius 3 is 0.759 bits per heavy atom. The van der Waals surface area contributed by atoms with Gasteiger partial charge in [-0.15, -0.1) is 0 Å². The molecule has 0 aromatic carbocycles. The van der Waals surface area contributed by atoms with Crippen molar-refractivity contribution in [3.63, 3.8) is 0 Å². The molecule has 6 heteroatoms. The zero-order valence-corrected chi connectivity index (χ0v) is 54.7. The van der Waals surface area contributed by atoms with Gasteiger partial charge in [-0.1, -0.05) is 304 Å². The van der Waals surface area contributed by atoms with Crippen LogP contribution in [0.4, 0.5) is 0 Å². The monoisotopic (exact) mass is 1150 g/mol. The van der Waals surface area contributed by atoms with Crippen molar-refractivity contribution in [3.8, 4) is 0 Å². The van der Waals surface area contributed by atoms with E-state index in [1.54, 1.807) is 0 Å². The summed E-state index contributed by atoms with van der Waals surface area (Å²) in [5.74, 6) is -0.904. The van der Waals surface area contributed by atoms with Gasteiger partial charge in [0, 0.05) is 19.3 Å². The maximum atomic E-state index is 12.9. The standard InChI is InChI=1S/C77H132O6/c1-4-7-10-13-16-19-22-25-28-30-32-33-34-35-36-37-38-39-40-41-42-43-45-46-49-52-55-58-61-64-67-70-76(79)82-73-74(72-81-75(78)69-66-63-60-57-54-51-48-27-24-21-18-15-12-9-6-3)83-77(80)71-68-65-62-59-56-53-50-47-44-31-29-26-23-20-17-14-11-8-5-2/h8,11,17-18,20-22,25-27,29-30,32,34-35,44,47-48,74H,4-7,9-10,12-16,19,23-24,28,31,33,36-43,45-46,49-73H2,1-3H3/b11-8-,20-17-,21-18-,25-22-,29-26-,32-30-,35-34-,47-44-,48-27-. The maximum Gasteiger partial charge on any atom is 0.306 e. The largest absolute Gasteiger partial charge is 0.462 e. The number of hydrogen-bond donors (Lipinski definition) is 0. The zero-order chi connectivity index (χ0) is 59.9. The van der Waals surface area contributed by atoms with Gasteiger partial charge < -0.3 is 14.2 Å². The first-order chi connectivity index (χ1) is 41.0. The summed E-state index contributed by atoms with van der Waals surface area (Å²) in [4.78, 5) is 38.4. The number of carbonyl (C=O) groups is 3. The minimum atomic E-state index is -0.794. The fourth-order valence-electron chi connectivity index (χ4n) is 9.94. The summed E-state index contributed by atoms with van der Waals surface area (Å²) in [7, 11) is 0. The lowest BCUT2D eigenvalue weighted by atomic mass is 10.0. The van der Waals surface area contributed by atoms with Crippen LogP contribution in [0.25, 0.3) is 0 Å². The van der Waals surface area contributed by atoms with Gasteiger partial charge in [-0.2, -0.15) is 0 Å². The lowest BCUT2D eigenvalue weighted by Gasteiger charge is -2.18. The third-order valence-corrected chi connectivity index (χ3v) is 15.2. The number of carbonyl (C=O) groups excluding carboxylic acids is 3. The number of rotatable bonds is 64. The molecule has 0 aliphatic rings. The van der Waals surface area contributed by atoms with Crippen LogP contribution < -0.4 is 0 Å². The van der Waals surface area contributed by atoms with E-state index in [4.69, 9.17) is 14.2 Å². The molecule has 0 bridgehead atoms. The Morgan fingerprint density at radius 1 is 0.253 bits per heavy atom. The molecule has 0 amide bonds. The van der Waals surface area contributed by atoms with Gasteiger partial charge in [-0.05, 0) is 128 Å². The molecule has 6 nitrogen and oxygen atoms in total. The molecule has 0 saturated heterocycles. The second-order valence-electron chi connectivity index (χ2n) is 23.4. The number of ether oxygens (including phenoxy) is 3. The average Bonchev–Trinajstić information content (AvgIpc) is 3.49. The molecule has 0 fully saturated rings. The van der Waals surface area contributed by atoms with Crippen LogP contribution in [-0.2, 0) is 28.6 Å². The van der Waals surface area contributed by atoms with Crippen molar-refractivity contribution < 1.29 is 28.6 Å². The quantitative estimate of drug-likeness (QED) is 0.0261. The van der Waals surface area contributed by atoms with Crippen molar-refractivity contribution in [2.45, 2.75) is 348 Å². The molecule has 0 heterocycles. The summed E-state index contributed by atoms with van der Waals surface area (Å²) >= 11 is 0. The lowest BCUT2D eigenvalue weighted by Crippen LogP contribution is -2.30.